The molecule has 0 aliphatic carbocycles. The van der Waals surface area contributed by atoms with Crippen LogP contribution in [0.4, 0.5) is 0 Å². The van der Waals surface area contributed by atoms with E-state index < -0.39 is 5.60 Å². The normalized spacial score (nSPS) is 14.2. The molecule has 0 fully saturated rings. The highest BCUT2D eigenvalue weighted by molar-refractivity contribution is 5.89. The van der Waals surface area contributed by atoms with Gasteiger partial charge in [-0.15, -0.1) is 0 Å². The maximum absolute atomic E-state index is 12.1. The topological polar surface area (TPSA) is 29.5 Å². The predicted molar refractivity (Wildman–Crippen MR) is 78.3 cm³/mol. The first kappa shape index (κ1) is 15.7. The minimum Gasteiger partial charge on any atom is -0.454 e. The van der Waals surface area contributed by atoms with Crippen molar-refractivity contribution in [1.29, 1.82) is 0 Å². The zero-order valence-electron chi connectivity index (χ0n) is 12.5. The maximum Gasteiger partial charge on any atom is 0.338 e. The van der Waals surface area contributed by atoms with Crippen molar-refractivity contribution in [1.82, 2.24) is 4.90 Å². The van der Waals surface area contributed by atoms with E-state index in [-0.39, 0.29) is 5.97 Å². The van der Waals surface area contributed by atoms with Gasteiger partial charge in [-0.05, 0) is 38.6 Å². The molecule has 0 aliphatic rings. The second-order valence-electron chi connectivity index (χ2n) is 5.02. The van der Waals surface area contributed by atoms with Gasteiger partial charge in [0.15, 0.2) is 0 Å². The van der Waals surface area contributed by atoms with E-state index in [0.29, 0.717) is 5.56 Å². The number of hydrogen-bond acceptors (Lipinski definition) is 3. The van der Waals surface area contributed by atoms with E-state index in [1.165, 1.54) is 0 Å². The van der Waals surface area contributed by atoms with E-state index in [1.807, 2.05) is 25.1 Å². The molecule has 0 spiro atoms. The van der Waals surface area contributed by atoms with E-state index in [9.17, 15) is 4.79 Å². The number of carbonyl (C=O) groups excluding carboxylic acids is 1. The predicted octanol–water partition coefficient (Wildman–Crippen LogP) is 3.35. The van der Waals surface area contributed by atoms with Gasteiger partial charge in [-0.2, -0.15) is 0 Å². The van der Waals surface area contributed by atoms with Crippen molar-refractivity contribution in [3.63, 3.8) is 0 Å². The average molecular weight is 263 g/mol. The van der Waals surface area contributed by atoms with Crippen LogP contribution < -0.4 is 0 Å². The van der Waals surface area contributed by atoms with Gasteiger partial charge in [0.2, 0.25) is 0 Å². The molecule has 1 aromatic carbocycles. The summed E-state index contributed by atoms with van der Waals surface area (Å²) in [5, 5.41) is 0. The van der Waals surface area contributed by atoms with Gasteiger partial charge < -0.3 is 4.74 Å². The lowest BCUT2D eigenvalue weighted by Crippen LogP contribution is -2.43. The summed E-state index contributed by atoms with van der Waals surface area (Å²) in [7, 11) is 0. The highest BCUT2D eigenvalue weighted by Crippen LogP contribution is 2.19. The van der Waals surface area contributed by atoms with Crippen molar-refractivity contribution < 1.29 is 9.53 Å². The Balaban J connectivity index is 2.72. The van der Waals surface area contributed by atoms with Crippen LogP contribution >= 0.6 is 0 Å². The molecule has 0 saturated carbocycles. The maximum atomic E-state index is 12.1. The lowest BCUT2D eigenvalue weighted by Gasteiger charge is -2.33. The highest BCUT2D eigenvalue weighted by atomic mass is 16.6. The van der Waals surface area contributed by atoms with Gasteiger partial charge in [-0.25, -0.2) is 4.79 Å². The second kappa shape index (κ2) is 7.29. The zero-order valence-corrected chi connectivity index (χ0v) is 12.5. The zero-order chi connectivity index (χ0) is 14.3. The lowest BCUT2D eigenvalue weighted by atomic mass is 10.0. The number of carbonyl (C=O) groups is 1. The van der Waals surface area contributed by atoms with Crippen molar-refractivity contribution >= 4 is 5.97 Å². The molecule has 0 radical (unpaired) electrons. The molecule has 0 saturated heterocycles. The Kier molecular flexibility index (Phi) is 6.03. The number of ether oxygens (including phenoxy) is 1. The number of rotatable bonds is 7. The summed E-state index contributed by atoms with van der Waals surface area (Å²) < 4.78 is 5.73. The third kappa shape index (κ3) is 4.67. The molecule has 0 aliphatic heterocycles. The standard InChI is InChI=1S/C16H25NO2/c1-5-16(4,13-17(6-2)7-3)19-15(18)14-11-9-8-10-12-14/h8-12H,5-7,13H2,1-4H3/t16-/m0/s1. The van der Waals surface area contributed by atoms with Gasteiger partial charge in [0.05, 0.1) is 5.56 Å². The van der Waals surface area contributed by atoms with Gasteiger partial charge in [0.1, 0.15) is 5.60 Å². The molecular weight excluding hydrogens is 238 g/mol. The molecular formula is C16H25NO2. The van der Waals surface area contributed by atoms with E-state index in [0.717, 1.165) is 26.1 Å². The van der Waals surface area contributed by atoms with Crippen LogP contribution in [0.3, 0.4) is 0 Å². The summed E-state index contributed by atoms with van der Waals surface area (Å²) in [6.07, 6.45) is 0.808. The van der Waals surface area contributed by atoms with Crippen LogP contribution in [0.15, 0.2) is 30.3 Å². The van der Waals surface area contributed by atoms with Crippen LogP contribution in [0.2, 0.25) is 0 Å². The monoisotopic (exact) mass is 263 g/mol. The first-order chi connectivity index (χ1) is 9.04. The number of esters is 1. The number of likely N-dealkylation sites (N-methyl/N-ethyl adjacent to an activating group) is 1. The first-order valence-electron chi connectivity index (χ1n) is 7.05. The molecule has 3 nitrogen and oxygen atoms in total. The minimum atomic E-state index is -0.432. The SMILES string of the molecule is CCN(CC)C[C@](C)(CC)OC(=O)c1ccccc1. The van der Waals surface area contributed by atoms with E-state index in [4.69, 9.17) is 4.74 Å². The molecule has 0 N–H and O–H groups in total. The quantitative estimate of drug-likeness (QED) is 0.706. The van der Waals surface area contributed by atoms with Gasteiger partial charge in [0.25, 0.3) is 0 Å². The van der Waals surface area contributed by atoms with Gasteiger partial charge >= 0.3 is 5.97 Å². The molecule has 0 aromatic heterocycles. The molecule has 106 valence electrons. The van der Waals surface area contributed by atoms with Gasteiger partial charge in [-0.1, -0.05) is 39.0 Å². The summed E-state index contributed by atoms with van der Waals surface area (Å²) in [5.41, 5.74) is 0.181. The van der Waals surface area contributed by atoms with Crippen molar-refractivity contribution in [3.8, 4) is 0 Å². The molecule has 1 rings (SSSR count). The molecule has 0 heterocycles. The Hall–Kier alpha value is -1.35. The fourth-order valence-electron chi connectivity index (χ4n) is 1.99. The molecule has 0 unspecified atom stereocenters. The molecule has 0 bridgehead atoms. The second-order valence-corrected chi connectivity index (χ2v) is 5.02. The average Bonchev–Trinajstić information content (AvgIpc) is 2.45. The van der Waals surface area contributed by atoms with Crippen LogP contribution in [0.1, 0.15) is 44.5 Å². The van der Waals surface area contributed by atoms with Crippen molar-refractivity contribution in [2.24, 2.45) is 0 Å². The first-order valence-corrected chi connectivity index (χ1v) is 7.05. The Labute approximate surface area is 116 Å². The smallest absolute Gasteiger partial charge is 0.338 e. The Morgan fingerprint density at radius 2 is 1.74 bits per heavy atom. The fourth-order valence-corrected chi connectivity index (χ4v) is 1.99. The largest absolute Gasteiger partial charge is 0.454 e. The number of benzene rings is 1. The molecule has 1 atom stereocenters. The van der Waals surface area contributed by atoms with Crippen molar-refractivity contribution in [2.45, 2.75) is 39.7 Å². The van der Waals surface area contributed by atoms with E-state index >= 15 is 0 Å². The van der Waals surface area contributed by atoms with Crippen LogP contribution in [-0.2, 0) is 4.74 Å². The summed E-state index contributed by atoms with van der Waals surface area (Å²) in [6.45, 7) is 11.0. The van der Waals surface area contributed by atoms with Crippen molar-refractivity contribution in [3.05, 3.63) is 35.9 Å². The van der Waals surface area contributed by atoms with Crippen LogP contribution in [0.5, 0.6) is 0 Å². The number of hydrogen-bond donors (Lipinski definition) is 0. The third-order valence-corrected chi connectivity index (χ3v) is 3.55. The van der Waals surface area contributed by atoms with Crippen LogP contribution in [0.25, 0.3) is 0 Å². The van der Waals surface area contributed by atoms with Gasteiger partial charge in [0, 0.05) is 6.54 Å². The summed E-state index contributed by atoms with van der Waals surface area (Å²) in [5.74, 6) is -0.239. The summed E-state index contributed by atoms with van der Waals surface area (Å²) in [6, 6.07) is 9.17. The molecule has 19 heavy (non-hydrogen) atoms. The fraction of sp³-hybridized carbons (Fsp3) is 0.562. The van der Waals surface area contributed by atoms with E-state index in [1.54, 1.807) is 12.1 Å². The van der Waals surface area contributed by atoms with Crippen LogP contribution in [-0.4, -0.2) is 36.1 Å². The highest BCUT2D eigenvalue weighted by Gasteiger charge is 2.29. The Morgan fingerprint density at radius 3 is 2.21 bits per heavy atom. The number of nitrogens with zero attached hydrogens (tertiary/aromatic N) is 1. The van der Waals surface area contributed by atoms with Crippen LogP contribution in [0, 0.1) is 0 Å². The minimum absolute atomic E-state index is 0.239. The Bertz CT molecular complexity index is 387. The molecule has 3 heteroatoms. The molecule has 0 amide bonds. The lowest BCUT2D eigenvalue weighted by molar-refractivity contribution is -0.0268. The van der Waals surface area contributed by atoms with E-state index in [2.05, 4.69) is 25.7 Å². The molecule has 1 aromatic rings. The third-order valence-electron chi connectivity index (χ3n) is 3.55. The summed E-state index contributed by atoms with van der Waals surface area (Å²) >= 11 is 0. The summed E-state index contributed by atoms with van der Waals surface area (Å²) in [4.78, 5) is 14.4. The van der Waals surface area contributed by atoms with Crippen molar-refractivity contribution in [2.75, 3.05) is 19.6 Å². The Morgan fingerprint density at radius 1 is 1.16 bits per heavy atom. The van der Waals surface area contributed by atoms with Gasteiger partial charge in [-0.3, -0.25) is 4.90 Å².